The molecule has 0 unspecified atom stereocenters. The number of hydrogen-bond acceptors (Lipinski definition) is 11. The van der Waals surface area contributed by atoms with Crippen molar-refractivity contribution in [2.24, 2.45) is 40.4 Å². The Hall–Kier alpha value is -3.24. The average Bonchev–Trinajstić information content (AvgIpc) is 3.39. The van der Waals surface area contributed by atoms with Crippen LogP contribution in [0.5, 0.6) is 0 Å². The maximum absolute atomic E-state index is 15.2. The molecule has 11 nitrogen and oxygen atoms in total. The van der Waals surface area contributed by atoms with E-state index in [1.165, 1.54) is 27.7 Å². The van der Waals surface area contributed by atoms with Crippen LogP contribution < -0.4 is 0 Å². The number of ketones is 1. The zero-order valence-corrected chi connectivity index (χ0v) is 25.8. The van der Waals surface area contributed by atoms with Crippen molar-refractivity contribution >= 4 is 35.6 Å². The molecule has 11 heteroatoms. The molecule has 4 aliphatic rings. The molecule has 4 aliphatic carbocycles. The number of esters is 5. The molecule has 0 N–H and O–H groups in total. The summed E-state index contributed by atoms with van der Waals surface area (Å²) in [5.74, 6) is -6.10. The van der Waals surface area contributed by atoms with Crippen LogP contribution in [0.2, 0.25) is 0 Å². The van der Waals surface area contributed by atoms with Gasteiger partial charge < -0.3 is 23.7 Å². The van der Waals surface area contributed by atoms with E-state index >= 15 is 4.79 Å². The van der Waals surface area contributed by atoms with Crippen molar-refractivity contribution in [1.29, 1.82) is 0 Å². The van der Waals surface area contributed by atoms with Gasteiger partial charge in [-0.15, -0.1) is 0 Å². The smallest absolute Gasteiger partial charge is 0.305 e. The van der Waals surface area contributed by atoms with Gasteiger partial charge in [0.25, 0.3) is 0 Å². The fourth-order valence-corrected chi connectivity index (χ4v) is 8.62. The highest BCUT2D eigenvalue weighted by Gasteiger charge is 2.83. The lowest BCUT2D eigenvalue weighted by Crippen LogP contribution is -2.69. The zero-order valence-electron chi connectivity index (χ0n) is 25.8. The third kappa shape index (κ3) is 4.63. The summed E-state index contributed by atoms with van der Waals surface area (Å²) in [6.45, 7) is 13.7. The van der Waals surface area contributed by atoms with Crippen LogP contribution in [0.15, 0.2) is 11.6 Å². The van der Waals surface area contributed by atoms with Crippen LogP contribution in [-0.4, -0.2) is 66.1 Å². The highest BCUT2D eigenvalue weighted by molar-refractivity contribution is 5.94. The normalized spacial score (nSPS) is 39.3. The number of carbonyl (C=O) groups is 6. The topological polar surface area (TPSA) is 149 Å². The van der Waals surface area contributed by atoms with E-state index < -0.39 is 82.3 Å². The molecule has 2 bridgehead atoms. The summed E-state index contributed by atoms with van der Waals surface area (Å²) in [5, 5.41) is 0. The number of ether oxygens (including phenoxy) is 5. The number of allylic oxidation sites excluding steroid dienone is 1. The van der Waals surface area contributed by atoms with E-state index in [1.54, 1.807) is 26.8 Å². The summed E-state index contributed by atoms with van der Waals surface area (Å²) in [6, 6.07) is 0. The minimum atomic E-state index is -2.05. The number of carbonyl (C=O) groups excluding carboxylic acids is 6. The average molecular weight is 591 g/mol. The zero-order chi connectivity index (χ0) is 31.5. The summed E-state index contributed by atoms with van der Waals surface area (Å²) in [4.78, 5) is 78.3. The van der Waals surface area contributed by atoms with Gasteiger partial charge in [-0.3, -0.25) is 28.8 Å². The Morgan fingerprint density at radius 1 is 0.881 bits per heavy atom. The van der Waals surface area contributed by atoms with E-state index in [1.807, 2.05) is 13.8 Å². The van der Waals surface area contributed by atoms with E-state index in [4.69, 9.17) is 23.7 Å². The molecule has 3 saturated carbocycles. The van der Waals surface area contributed by atoms with Crippen LogP contribution in [-0.2, 0) is 52.5 Å². The van der Waals surface area contributed by atoms with Crippen molar-refractivity contribution in [1.82, 2.24) is 0 Å². The first-order valence-corrected chi connectivity index (χ1v) is 14.6. The Balaban J connectivity index is 2.12. The Morgan fingerprint density at radius 3 is 2.02 bits per heavy atom. The minimum Gasteiger partial charge on any atom is -0.462 e. The number of hydrogen-bond donors (Lipinski definition) is 0. The summed E-state index contributed by atoms with van der Waals surface area (Å²) in [5.41, 5.74) is -3.82. The molecule has 232 valence electrons. The van der Waals surface area contributed by atoms with Crippen molar-refractivity contribution in [3.05, 3.63) is 11.6 Å². The quantitative estimate of drug-likeness (QED) is 0.245. The van der Waals surface area contributed by atoms with Crippen molar-refractivity contribution in [2.45, 2.75) is 99.1 Å². The van der Waals surface area contributed by atoms with Gasteiger partial charge >= 0.3 is 29.8 Å². The summed E-state index contributed by atoms with van der Waals surface area (Å²) in [7, 11) is 0. The van der Waals surface area contributed by atoms with Gasteiger partial charge in [0.05, 0.1) is 5.41 Å². The monoisotopic (exact) mass is 590 g/mol. The van der Waals surface area contributed by atoms with Crippen LogP contribution in [0.4, 0.5) is 0 Å². The Kier molecular flexibility index (Phi) is 8.14. The van der Waals surface area contributed by atoms with E-state index in [0.717, 1.165) is 0 Å². The molecular formula is C31H42O11. The highest BCUT2D eigenvalue weighted by Crippen LogP contribution is 2.74. The number of rotatable bonds is 7. The Bertz CT molecular complexity index is 1230. The lowest BCUT2D eigenvalue weighted by molar-refractivity contribution is -0.238. The van der Waals surface area contributed by atoms with Crippen LogP contribution in [0.25, 0.3) is 0 Å². The van der Waals surface area contributed by atoms with Crippen LogP contribution in [0, 0.1) is 40.4 Å². The van der Waals surface area contributed by atoms with Gasteiger partial charge in [0.2, 0.25) is 5.60 Å². The van der Waals surface area contributed by atoms with E-state index in [2.05, 4.69) is 0 Å². The molecule has 0 amide bonds. The van der Waals surface area contributed by atoms with Gasteiger partial charge in [0, 0.05) is 57.4 Å². The van der Waals surface area contributed by atoms with Gasteiger partial charge in [-0.25, -0.2) is 0 Å². The fraction of sp³-hybridized carbons (Fsp3) is 0.742. The van der Waals surface area contributed by atoms with Crippen molar-refractivity contribution in [3.63, 3.8) is 0 Å². The largest absolute Gasteiger partial charge is 0.462 e. The Morgan fingerprint density at radius 2 is 1.50 bits per heavy atom. The lowest BCUT2D eigenvalue weighted by atomic mass is 9.58. The Labute approximate surface area is 246 Å². The lowest BCUT2D eigenvalue weighted by Gasteiger charge is -2.52. The molecule has 0 radical (unpaired) electrons. The second-order valence-corrected chi connectivity index (χ2v) is 12.9. The second kappa shape index (κ2) is 10.8. The molecule has 4 rings (SSSR count). The molecule has 0 aromatic rings. The fourth-order valence-electron chi connectivity index (χ4n) is 8.62. The molecule has 42 heavy (non-hydrogen) atoms. The third-order valence-corrected chi connectivity index (χ3v) is 10.0. The van der Waals surface area contributed by atoms with Gasteiger partial charge in [-0.05, 0) is 23.7 Å². The van der Waals surface area contributed by atoms with Crippen LogP contribution >= 0.6 is 0 Å². The molecular weight excluding hydrogens is 548 g/mol. The van der Waals surface area contributed by atoms with Crippen LogP contribution in [0.3, 0.4) is 0 Å². The summed E-state index contributed by atoms with van der Waals surface area (Å²) < 4.78 is 29.6. The van der Waals surface area contributed by atoms with E-state index in [-0.39, 0.29) is 42.6 Å². The summed E-state index contributed by atoms with van der Waals surface area (Å²) in [6.07, 6.45) is -1.53. The van der Waals surface area contributed by atoms with Gasteiger partial charge in [0.1, 0.15) is 18.8 Å². The maximum atomic E-state index is 15.2. The van der Waals surface area contributed by atoms with Gasteiger partial charge in [-0.1, -0.05) is 40.7 Å². The SMILES string of the molecule is CCC(=O)O[C@H]1[C@@H]2[C@H]([C@@H]3C=C(COC(C)=O)[C@@H](OC(C)=O)[C@]4(OC(C)=O)[C@@H](OC(C)=O)[C@H](C)C[C@@]4(C3=O)[C@H]1C)C2(C)C. The number of fused-ring (bicyclic) bond motifs is 3. The van der Waals surface area contributed by atoms with E-state index in [9.17, 15) is 24.0 Å². The van der Waals surface area contributed by atoms with Crippen molar-refractivity contribution < 1.29 is 52.5 Å². The van der Waals surface area contributed by atoms with E-state index in [0.29, 0.717) is 0 Å². The third-order valence-electron chi connectivity index (χ3n) is 10.0. The molecule has 0 aliphatic heterocycles. The molecule has 10 atom stereocenters. The van der Waals surface area contributed by atoms with Crippen molar-refractivity contribution in [3.8, 4) is 0 Å². The molecule has 0 aromatic carbocycles. The molecule has 0 saturated heterocycles. The van der Waals surface area contributed by atoms with Crippen LogP contribution in [0.1, 0.15) is 75.2 Å². The minimum absolute atomic E-state index is 0.0984. The van der Waals surface area contributed by atoms with Crippen molar-refractivity contribution in [2.75, 3.05) is 6.61 Å². The second-order valence-electron chi connectivity index (χ2n) is 12.9. The standard InChI is InChI=1S/C31H42O11/c1-10-22(36)41-25-15(3)30-12-14(2)27(39-17(5)33)31(30,42-19(7)35)28(40-18(6)34)20(13-38-16(4)32)11-21(26(30)37)23-24(25)29(23,8)9/h11,14-15,21,23-25,27-28H,10,12-13H2,1-9H3/t14-,15+,21+,23+,24+,25-,27+,28-,30+,31-/m1/s1. The predicted molar refractivity (Wildman–Crippen MR) is 145 cm³/mol. The number of Topliss-reactive ketones (excluding diaryl/α,β-unsaturated/α-hetero) is 1. The van der Waals surface area contributed by atoms with Gasteiger partial charge in [0.15, 0.2) is 11.9 Å². The highest BCUT2D eigenvalue weighted by atomic mass is 16.6. The first-order valence-electron chi connectivity index (χ1n) is 14.6. The molecule has 3 fully saturated rings. The summed E-state index contributed by atoms with van der Waals surface area (Å²) >= 11 is 0. The first kappa shape index (κ1) is 31.7. The first-order chi connectivity index (χ1) is 19.5. The predicted octanol–water partition coefficient (Wildman–Crippen LogP) is 3.11. The maximum Gasteiger partial charge on any atom is 0.305 e. The molecule has 1 spiro atoms. The molecule has 0 heterocycles. The molecule has 0 aromatic heterocycles. The van der Waals surface area contributed by atoms with Gasteiger partial charge in [-0.2, -0.15) is 0 Å².